The van der Waals surface area contributed by atoms with E-state index in [9.17, 15) is 18.8 Å². The Bertz CT molecular complexity index is 2900. The summed E-state index contributed by atoms with van der Waals surface area (Å²) in [6.45, 7) is 6.63. The van der Waals surface area contributed by atoms with Crippen molar-refractivity contribution in [3.63, 3.8) is 0 Å². The monoisotopic (exact) mass is 960 g/mol. The average Bonchev–Trinajstić information content (AvgIpc) is 4.23. The predicted molar refractivity (Wildman–Crippen MR) is 244 cm³/mol. The van der Waals surface area contributed by atoms with E-state index in [1.165, 1.54) is 21.9 Å². The summed E-state index contributed by atoms with van der Waals surface area (Å²) in [4.78, 5) is 58.6. The topological polar surface area (TPSA) is 236 Å². The average molecular weight is 961 g/mol. The number of pyridine rings is 2. The molecule has 0 aliphatic carbocycles. The summed E-state index contributed by atoms with van der Waals surface area (Å²) in [5.41, 5.74) is 4.54. The van der Waals surface area contributed by atoms with E-state index in [4.69, 9.17) is 29.0 Å². The van der Waals surface area contributed by atoms with E-state index in [2.05, 4.69) is 40.9 Å². The third-order valence-corrected chi connectivity index (χ3v) is 11.4. The summed E-state index contributed by atoms with van der Waals surface area (Å²) in [5, 5.41) is 32.4. The number of aromatic nitrogens is 8. The third-order valence-electron chi connectivity index (χ3n) is 11.4. The van der Waals surface area contributed by atoms with Crippen LogP contribution in [0.25, 0.3) is 22.3 Å². The maximum atomic E-state index is 15.1. The van der Waals surface area contributed by atoms with Crippen molar-refractivity contribution in [1.82, 2.24) is 40.0 Å². The first-order chi connectivity index (χ1) is 33.8. The van der Waals surface area contributed by atoms with Gasteiger partial charge in [-0.2, -0.15) is 0 Å². The lowest BCUT2D eigenvalue weighted by Crippen LogP contribution is -2.27. The smallest absolute Gasteiger partial charge is 0.414 e. The molecule has 1 N–H and O–H groups in total. The first-order valence-corrected chi connectivity index (χ1v) is 22.2. The van der Waals surface area contributed by atoms with Crippen LogP contribution in [0.1, 0.15) is 45.0 Å². The van der Waals surface area contributed by atoms with E-state index in [-0.39, 0.29) is 44.5 Å². The molecule has 0 bridgehead atoms. The Morgan fingerprint density at radius 1 is 0.700 bits per heavy atom. The highest BCUT2D eigenvalue weighted by atomic mass is 19.1. The van der Waals surface area contributed by atoms with Crippen LogP contribution in [0.5, 0.6) is 0 Å². The third kappa shape index (κ3) is 10.7. The van der Waals surface area contributed by atoms with Crippen LogP contribution in [0.15, 0.2) is 108 Å². The highest BCUT2D eigenvalue weighted by molar-refractivity contribution is 6.00. The number of cyclic esters (lactones) is 2. The van der Waals surface area contributed by atoms with Crippen molar-refractivity contribution < 1.29 is 52.2 Å². The van der Waals surface area contributed by atoms with Gasteiger partial charge in [0, 0.05) is 59.9 Å². The van der Waals surface area contributed by atoms with Crippen LogP contribution < -0.4 is 9.80 Å². The molecule has 10 rings (SSSR count). The van der Waals surface area contributed by atoms with Gasteiger partial charge >= 0.3 is 18.2 Å². The van der Waals surface area contributed by atoms with Crippen molar-refractivity contribution in [2.45, 2.75) is 71.1 Å². The van der Waals surface area contributed by atoms with Crippen LogP contribution in [0.3, 0.4) is 0 Å². The van der Waals surface area contributed by atoms with E-state index >= 15 is 4.39 Å². The number of carbonyl (C=O) groups is 3. The van der Waals surface area contributed by atoms with E-state index in [0.717, 1.165) is 0 Å². The molecule has 21 nitrogen and oxygen atoms in total. The maximum absolute atomic E-state index is 15.1. The van der Waals surface area contributed by atoms with E-state index in [1.54, 1.807) is 116 Å². The summed E-state index contributed by atoms with van der Waals surface area (Å²) in [6.07, 6.45) is 7.84. The van der Waals surface area contributed by atoms with Crippen LogP contribution in [0.4, 0.5) is 29.7 Å². The minimum absolute atomic E-state index is 0.102. The summed E-state index contributed by atoms with van der Waals surface area (Å²) in [6, 6.07) is 16.1. The molecule has 0 spiro atoms. The van der Waals surface area contributed by atoms with E-state index in [0.29, 0.717) is 82.4 Å². The second-order valence-electron chi connectivity index (χ2n) is 17.6. The number of nitrogens with zero attached hydrogens (tertiary/aromatic N) is 12. The van der Waals surface area contributed by atoms with Gasteiger partial charge in [-0.05, 0) is 69.3 Å². The summed E-state index contributed by atoms with van der Waals surface area (Å²) in [5.74, 6) is -1.28. The van der Waals surface area contributed by atoms with Crippen molar-refractivity contribution in [2.24, 2.45) is 15.7 Å². The lowest BCUT2D eigenvalue weighted by Gasteiger charge is -2.17. The Morgan fingerprint density at radius 2 is 1.19 bits per heavy atom. The molecule has 2 unspecified atom stereocenters. The number of halogens is 2. The molecule has 362 valence electrons. The van der Waals surface area contributed by atoms with Crippen molar-refractivity contribution in [3.8, 4) is 22.3 Å². The predicted octanol–water partition coefficient (Wildman–Crippen LogP) is 5.58. The number of carbonyl (C=O) groups excluding carboxylic acids is 3. The largest absolute Gasteiger partial charge is 0.461 e. The van der Waals surface area contributed by atoms with Crippen LogP contribution in [-0.2, 0) is 41.8 Å². The zero-order chi connectivity index (χ0) is 48.9. The number of aliphatic hydroxyl groups is 1. The number of aliphatic hydroxyl groups excluding tert-OH is 1. The molecule has 2 amide bonds. The van der Waals surface area contributed by atoms with Crippen molar-refractivity contribution in [3.05, 3.63) is 121 Å². The summed E-state index contributed by atoms with van der Waals surface area (Å²) in [7, 11) is 0. The molecule has 0 saturated carbocycles. The van der Waals surface area contributed by atoms with E-state index < -0.39 is 41.4 Å². The van der Waals surface area contributed by atoms with Crippen LogP contribution in [0.2, 0.25) is 0 Å². The van der Waals surface area contributed by atoms with Crippen molar-refractivity contribution >= 4 is 41.0 Å². The Kier molecular flexibility index (Phi) is 13.5. The minimum atomic E-state index is -0.591. The second kappa shape index (κ2) is 20.2. The molecule has 4 atom stereocenters. The SMILES string of the molecule is CC(C)(C)C(=O)OCC1CC(c2ccc(-c3ccc(N4C[C@H](Cn5ccnn5)OC4=O)cc3F)cn2)=NO1.O=C1O[C@@H](Cn2ccnn2)CN1c1ccc(-c2ccc(C3=NOC(CO)C3)nc2)c(F)c1. The van der Waals surface area contributed by atoms with Crippen LogP contribution >= 0.6 is 0 Å². The van der Waals surface area contributed by atoms with Crippen LogP contribution in [0, 0.1) is 17.0 Å². The normalized spacial score (nSPS) is 19.7. The molecule has 2 saturated heterocycles. The number of hydrogen-bond donors (Lipinski definition) is 1. The van der Waals surface area contributed by atoms with Crippen molar-refractivity contribution in [2.75, 3.05) is 36.1 Å². The Morgan fingerprint density at radius 3 is 1.59 bits per heavy atom. The zero-order valence-electron chi connectivity index (χ0n) is 38.0. The van der Waals surface area contributed by atoms with Gasteiger partial charge in [0.05, 0.1) is 73.4 Å². The number of amides is 2. The van der Waals surface area contributed by atoms with Gasteiger partial charge in [0.15, 0.2) is 12.2 Å². The maximum Gasteiger partial charge on any atom is 0.414 e. The summed E-state index contributed by atoms with van der Waals surface area (Å²) >= 11 is 0. The molecule has 4 aromatic heterocycles. The fourth-order valence-electron chi connectivity index (χ4n) is 7.72. The number of oxime groups is 2. The van der Waals surface area contributed by atoms with Gasteiger partial charge in [-0.1, -0.05) is 32.9 Å². The van der Waals surface area contributed by atoms with Gasteiger partial charge in [-0.15, -0.1) is 10.2 Å². The highest BCUT2D eigenvalue weighted by Gasteiger charge is 2.35. The molecule has 70 heavy (non-hydrogen) atoms. The lowest BCUT2D eigenvalue weighted by atomic mass is 9.97. The summed E-state index contributed by atoms with van der Waals surface area (Å²) < 4.78 is 49.2. The van der Waals surface area contributed by atoms with Gasteiger partial charge in [0.2, 0.25) is 0 Å². The minimum Gasteiger partial charge on any atom is -0.461 e. The Hall–Kier alpha value is -8.21. The van der Waals surface area contributed by atoms with Crippen molar-refractivity contribution in [1.29, 1.82) is 0 Å². The van der Waals surface area contributed by atoms with Gasteiger partial charge in [0.25, 0.3) is 0 Å². The Balaban J connectivity index is 0.000000176. The molecule has 6 aromatic rings. The number of rotatable bonds is 13. The van der Waals surface area contributed by atoms with E-state index in [1.807, 2.05) is 0 Å². The fourth-order valence-corrected chi connectivity index (χ4v) is 7.72. The molecule has 2 aromatic carbocycles. The molecular formula is C47H46F2N12O9. The first-order valence-electron chi connectivity index (χ1n) is 22.2. The van der Waals surface area contributed by atoms with Gasteiger partial charge in [0.1, 0.15) is 41.9 Å². The molecule has 8 heterocycles. The molecule has 4 aliphatic heterocycles. The quantitative estimate of drug-likeness (QED) is 0.110. The number of benzene rings is 2. The van der Waals surface area contributed by atoms with Gasteiger partial charge in [-0.3, -0.25) is 24.6 Å². The number of ether oxygens (including phenoxy) is 3. The first kappa shape index (κ1) is 46.9. The van der Waals surface area contributed by atoms with Gasteiger partial charge < -0.3 is 29.0 Å². The highest BCUT2D eigenvalue weighted by Crippen LogP contribution is 2.32. The van der Waals surface area contributed by atoms with Crippen LogP contribution in [-0.4, -0.2) is 125 Å². The number of anilines is 2. The standard InChI is InChI=1S/C26H27FN6O5.C21H19FN6O4/c1-26(2,3)24(34)36-15-18-11-23(30-38-18)22-7-4-16(12-28-22)20-6-5-17(10-21(20)27)33-14-19(37-25(33)35)13-32-9-8-29-31-32;22-18-7-14(28-11-16(31-21(28)30)10-27-6-5-24-26-27)2-3-17(18)13-1-4-19(23-9-13)20-8-15(12-29)32-25-20/h4-10,12,18-19H,11,13-15H2,1-3H3;1-7,9,15-16,29H,8,10-12H2/t18?,19-;15?,16-/m00/s1. The number of hydrogen-bond acceptors (Lipinski definition) is 17. The Labute approximate surface area is 398 Å². The fraction of sp³-hybridized carbons (Fsp3) is 0.340. The lowest BCUT2D eigenvalue weighted by molar-refractivity contribution is -0.156. The van der Waals surface area contributed by atoms with Gasteiger partial charge in [-0.25, -0.2) is 27.7 Å². The molecule has 23 heteroatoms. The second-order valence-corrected chi connectivity index (χ2v) is 17.6. The molecule has 0 radical (unpaired) electrons. The molecular weight excluding hydrogens is 915 g/mol. The zero-order valence-corrected chi connectivity index (χ0v) is 38.0. The molecule has 4 aliphatic rings. The number of esters is 1. The molecule has 2 fully saturated rings.